The fraction of sp³-hybridized carbons (Fsp3) is 0.583. The SMILES string of the molecule is CC1CCCC(O)(c2ccncc2F)C1. The molecule has 0 spiro atoms. The number of hydrogen-bond donors (Lipinski definition) is 1. The van der Waals surface area contributed by atoms with Gasteiger partial charge in [0.05, 0.1) is 11.8 Å². The van der Waals surface area contributed by atoms with Crippen LogP contribution in [0.5, 0.6) is 0 Å². The summed E-state index contributed by atoms with van der Waals surface area (Å²) in [4.78, 5) is 3.70. The number of rotatable bonds is 1. The van der Waals surface area contributed by atoms with Gasteiger partial charge >= 0.3 is 0 Å². The Balaban J connectivity index is 2.32. The Hall–Kier alpha value is -0.960. The topological polar surface area (TPSA) is 33.1 Å². The molecule has 0 bridgehead atoms. The fourth-order valence-electron chi connectivity index (χ4n) is 2.52. The van der Waals surface area contributed by atoms with Crippen LogP contribution in [0.4, 0.5) is 4.39 Å². The van der Waals surface area contributed by atoms with E-state index in [4.69, 9.17) is 0 Å². The molecule has 1 aliphatic rings. The summed E-state index contributed by atoms with van der Waals surface area (Å²) in [5.74, 6) is 0.0606. The molecule has 82 valence electrons. The summed E-state index contributed by atoms with van der Waals surface area (Å²) in [6, 6.07) is 1.59. The van der Waals surface area contributed by atoms with Gasteiger partial charge in [0.2, 0.25) is 0 Å². The Kier molecular flexibility index (Phi) is 2.74. The van der Waals surface area contributed by atoms with Gasteiger partial charge in [-0.2, -0.15) is 0 Å². The lowest BCUT2D eigenvalue weighted by atomic mass is 9.75. The number of aromatic nitrogens is 1. The molecule has 1 aromatic rings. The van der Waals surface area contributed by atoms with E-state index < -0.39 is 11.4 Å². The normalized spacial score (nSPS) is 31.5. The first-order valence-corrected chi connectivity index (χ1v) is 5.44. The first-order valence-electron chi connectivity index (χ1n) is 5.44. The first-order chi connectivity index (χ1) is 7.12. The number of pyridine rings is 1. The highest BCUT2D eigenvalue weighted by molar-refractivity contribution is 5.21. The van der Waals surface area contributed by atoms with Crippen LogP contribution in [0.1, 0.15) is 38.2 Å². The Morgan fingerprint density at radius 3 is 3.07 bits per heavy atom. The molecule has 0 amide bonds. The van der Waals surface area contributed by atoms with Gasteiger partial charge in [-0.25, -0.2) is 4.39 Å². The van der Waals surface area contributed by atoms with Crippen LogP contribution in [0.25, 0.3) is 0 Å². The minimum atomic E-state index is -0.981. The fourth-order valence-corrected chi connectivity index (χ4v) is 2.52. The highest BCUT2D eigenvalue weighted by Gasteiger charge is 2.36. The largest absolute Gasteiger partial charge is 0.385 e. The quantitative estimate of drug-likeness (QED) is 0.771. The molecule has 2 rings (SSSR count). The molecule has 1 aliphatic carbocycles. The zero-order chi connectivity index (χ0) is 10.9. The van der Waals surface area contributed by atoms with E-state index in [1.807, 2.05) is 0 Å². The van der Waals surface area contributed by atoms with Crippen LogP contribution in [-0.4, -0.2) is 10.1 Å². The van der Waals surface area contributed by atoms with E-state index in [-0.39, 0.29) is 0 Å². The molecule has 1 heterocycles. The molecule has 2 nitrogen and oxygen atoms in total. The molecule has 1 saturated carbocycles. The van der Waals surface area contributed by atoms with Crippen LogP contribution in [-0.2, 0) is 5.60 Å². The zero-order valence-corrected chi connectivity index (χ0v) is 8.91. The molecule has 1 fully saturated rings. The van der Waals surface area contributed by atoms with Gasteiger partial charge in [-0.05, 0) is 31.2 Å². The summed E-state index contributed by atoms with van der Waals surface area (Å²) in [7, 11) is 0. The first kappa shape index (κ1) is 10.6. The molecule has 0 aromatic carbocycles. The molecule has 2 atom stereocenters. The molecular weight excluding hydrogens is 193 g/mol. The number of aliphatic hydroxyl groups is 1. The maximum Gasteiger partial charge on any atom is 0.147 e. The third-order valence-corrected chi connectivity index (χ3v) is 3.25. The standard InChI is InChI=1S/C12H16FNO/c1-9-3-2-5-12(15,7-9)10-4-6-14-8-11(10)13/h4,6,8-9,15H,2-3,5,7H2,1H3. The van der Waals surface area contributed by atoms with Crippen molar-refractivity contribution in [3.8, 4) is 0 Å². The van der Waals surface area contributed by atoms with Gasteiger partial charge in [-0.1, -0.05) is 13.3 Å². The highest BCUT2D eigenvalue weighted by Crippen LogP contribution is 2.40. The second kappa shape index (κ2) is 3.89. The van der Waals surface area contributed by atoms with Gasteiger partial charge in [0.1, 0.15) is 5.82 Å². The van der Waals surface area contributed by atoms with E-state index in [0.717, 1.165) is 12.8 Å². The van der Waals surface area contributed by atoms with Crippen LogP contribution in [0.2, 0.25) is 0 Å². The van der Waals surface area contributed by atoms with Gasteiger partial charge in [-0.3, -0.25) is 4.98 Å². The van der Waals surface area contributed by atoms with Crippen LogP contribution in [0.3, 0.4) is 0 Å². The number of hydrogen-bond acceptors (Lipinski definition) is 2. The van der Waals surface area contributed by atoms with Gasteiger partial charge < -0.3 is 5.11 Å². The maximum absolute atomic E-state index is 13.5. The van der Waals surface area contributed by atoms with Gasteiger partial charge in [0, 0.05) is 11.8 Å². The Morgan fingerprint density at radius 2 is 2.40 bits per heavy atom. The molecule has 0 saturated heterocycles. The number of halogens is 1. The van der Waals surface area contributed by atoms with Gasteiger partial charge in [0.25, 0.3) is 0 Å². The molecule has 0 aliphatic heterocycles. The van der Waals surface area contributed by atoms with Crippen molar-refractivity contribution < 1.29 is 9.50 Å². The summed E-state index contributed by atoms with van der Waals surface area (Å²) in [6.07, 6.45) is 6.09. The molecule has 2 unspecified atom stereocenters. The molecule has 0 radical (unpaired) electrons. The van der Waals surface area contributed by atoms with Crippen molar-refractivity contribution in [2.24, 2.45) is 5.92 Å². The van der Waals surface area contributed by atoms with Crippen LogP contribution < -0.4 is 0 Å². The van der Waals surface area contributed by atoms with Crippen molar-refractivity contribution in [3.63, 3.8) is 0 Å². The zero-order valence-electron chi connectivity index (χ0n) is 8.91. The molecule has 15 heavy (non-hydrogen) atoms. The maximum atomic E-state index is 13.5. The predicted molar refractivity (Wildman–Crippen MR) is 55.7 cm³/mol. The van der Waals surface area contributed by atoms with E-state index in [1.54, 1.807) is 6.07 Å². The molecule has 1 N–H and O–H groups in total. The van der Waals surface area contributed by atoms with Crippen molar-refractivity contribution in [1.29, 1.82) is 0 Å². The average molecular weight is 209 g/mol. The summed E-state index contributed by atoms with van der Waals surface area (Å²) in [5.41, 5.74) is -0.575. The van der Waals surface area contributed by atoms with Crippen molar-refractivity contribution >= 4 is 0 Å². The van der Waals surface area contributed by atoms with E-state index in [9.17, 15) is 9.50 Å². The summed E-state index contributed by atoms with van der Waals surface area (Å²) in [6.45, 7) is 2.10. The minimum Gasteiger partial charge on any atom is -0.385 e. The average Bonchev–Trinajstić information content (AvgIpc) is 2.17. The third-order valence-electron chi connectivity index (χ3n) is 3.25. The Morgan fingerprint density at radius 1 is 1.60 bits per heavy atom. The van der Waals surface area contributed by atoms with Crippen LogP contribution in [0.15, 0.2) is 18.5 Å². The second-order valence-electron chi connectivity index (χ2n) is 4.59. The lowest BCUT2D eigenvalue weighted by Crippen LogP contribution is -2.32. The summed E-state index contributed by atoms with van der Waals surface area (Å²) < 4.78 is 13.5. The monoisotopic (exact) mass is 209 g/mol. The second-order valence-corrected chi connectivity index (χ2v) is 4.59. The van der Waals surface area contributed by atoms with E-state index in [2.05, 4.69) is 11.9 Å². The minimum absolute atomic E-state index is 0.394. The molecular formula is C12H16FNO. The van der Waals surface area contributed by atoms with Crippen LogP contribution in [0, 0.1) is 11.7 Å². The van der Waals surface area contributed by atoms with Crippen molar-refractivity contribution in [2.75, 3.05) is 0 Å². The smallest absolute Gasteiger partial charge is 0.147 e. The van der Waals surface area contributed by atoms with Crippen LogP contribution >= 0.6 is 0 Å². The molecule has 1 aromatic heterocycles. The lowest BCUT2D eigenvalue weighted by Gasteiger charge is -2.35. The summed E-state index contributed by atoms with van der Waals surface area (Å²) in [5, 5.41) is 10.4. The Labute approximate surface area is 89.2 Å². The predicted octanol–water partition coefficient (Wildman–Crippen LogP) is 2.62. The summed E-state index contributed by atoms with van der Waals surface area (Å²) >= 11 is 0. The van der Waals surface area contributed by atoms with Crippen molar-refractivity contribution in [3.05, 3.63) is 29.8 Å². The van der Waals surface area contributed by atoms with Crippen molar-refractivity contribution in [2.45, 2.75) is 38.2 Å². The van der Waals surface area contributed by atoms with E-state index in [1.165, 1.54) is 12.4 Å². The highest BCUT2D eigenvalue weighted by atomic mass is 19.1. The van der Waals surface area contributed by atoms with Gasteiger partial charge in [-0.15, -0.1) is 0 Å². The molecule has 3 heteroatoms. The van der Waals surface area contributed by atoms with Crippen molar-refractivity contribution in [1.82, 2.24) is 4.98 Å². The van der Waals surface area contributed by atoms with E-state index in [0.29, 0.717) is 24.3 Å². The Bertz CT molecular complexity index is 355. The van der Waals surface area contributed by atoms with E-state index >= 15 is 0 Å². The van der Waals surface area contributed by atoms with Gasteiger partial charge in [0.15, 0.2) is 0 Å². The third kappa shape index (κ3) is 2.02. The lowest BCUT2D eigenvalue weighted by molar-refractivity contribution is -0.0208. The number of nitrogens with zero attached hydrogens (tertiary/aromatic N) is 1.